The van der Waals surface area contributed by atoms with Crippen molar-refractivity contribution >= 4 is 28.9 Å². The number of nitrogens with zero attached hydrogens (tertiary/aromatic N) is 2. The van der Waals surface area contributed by atoms with Crippen LogP contribution < -0.4 is 5.32 Å². The van der Waals surface area contributed by atoms with Gasteiger partial charge >= 0.3 is 5.97 Å². The van der Waals surface area contributed by atoms with Gasteiger partial charge in [-0.1, -0.05) is 48.5 Å². The Morgan fingerprint density at radius 3 is 2.67 bits per heavy atom. The lowest BCUT2D eigenvalue weighted by Gasteiger charge is -2.13. The summed E-state index contributed by atoms with van der Waals surface area (Å²) in [5.41, 5.74) is 2.82. The van der Waals surface area contributed by atoms with Gasteiger partial charge in [0.2, 0.25) is 0 Å². The Balaban J connectivity index is 1.57. The molecule has 6 heteroatoms. The zero-order chi connectivity index (χ0) is 21.3. The van der Waals surface area contributed by atoms with Crippen molar-refractivity contribution in [2.24, 2.45) is 0 Å². The molecule has 152 valence electrons. The molecule has 0 unspecified atom stereocenters. The number of amides is 1. The van der Waals surface area contributed by atoms with Crippen LogP contribution >= 0.6 is 0 Å². The number of hydrogen-bond donors (Lipinski definition) is 1. The number of ether oxygens (including phenoxy) is 1. The van der Waals surface area contributed by atoms with Crippen LogP contribution in [0.4, 0.5) is 0 Å². The highest BCUT2D eigenvalue weighted by Gasteiger charge is 2.11. The first-order valence-electron chi connectivity index (χ1n) is 9.72. The molecular weight excluding hydrogens is 378 g/mol. The number of aryl methyl sites for hydroxylation is 1. The van der Waals surface area contributed by atoms with E-state index in [4.69, 9.17) is 10.00 Å². The number of rotatable bonds is 8. The Bertz CT molecular complexity index is 1090. The molecule has 1 amide bonds. The maximum Gasteiger partial charge on any atom is 0.331 e. The van der Waals surface area contributed by atoms with Gasteiger partial charge in [-0.3, -0.25) is 4.79 Å². The second kappa shape index (κ2) is 10.1. The number of para-hydroxylation sites is 1. The maximum absolute atomic E-state index is 12.1. The largest absolute Gasteiger partial charge is 0.452 e. The number of carbonyl (C=O) groups excluding carboxylic acids is 2. The van der Waals surface area contributed by atoms with E-state index in [-0.39, 0.29) is 18.6 Å². The van der Waals surface area contributed by atoms with Crippen molar-refractivity contribution < 1.29 is 14.3 Å². The average Bonchev–Trinajstić information content (AvgIpc) is 3.13. The van der Waals surface area contributed by atoms with E-state index in [1.807, 2.05) is 72.3 Å². The number of benzene rings is 2. The predicted molar refractivity (Wildman–Crippen MR) is 115 cm³/mol. The number of fused-ring (bicyclic) bond motifs is 1. The van der Waals surface area contributed by atoms with E-state index in [2.05, 4.69) is 11.4 Å². The van der Waals surface area contributed by atoms with Crippen LogP contribution in [0.3, 0.4) is 0 Å². The molecule has 1 aromatic heterocycles. The van der Waals surface area contributed by atoms with Gasteiger partial charge in [0, 0.05) is 35.3 Å². The highest BCUT2D eigenvalue weighted by Crippen LogP contribution is 2.22. The topological polar surface area (TPSA) is 84.1 Å². The van der Waals surface area contributed by atoms with E-state index in [1.54, 1.807) is 6.08 Å². The Morgan fingerprint density at radius 2 is 1.90 bits per heavy atom. The highest BCUT2D eigenvalue weighted by molar-refractivity contribution is 5.95. The van der Waals surface area contributed by atoms with Crippen molar-refractivity contribution in [3.05, 3.63) is 78.0 Å². The quantitative estimate of drug-likeness (QED) is 0.457. The average molecular weight is 401 g/mol. The monoisotopic (exact) mass is 401 g/mol. The van der Waals surface area contributed by atoms with E-state index in [1.165, 1.54) is 6.08 Å². The fourth-order valence-corrected chi connectivity index (χ4v) is 3.21. The summed E-state index contributed by atoms with van der Waals surface area (Å²) in [6.07, 6.45) is 5.28. The minimum Gasteiger partial charge on any atom is -0.452 e. The third kappa shape index (κ3) is 5.36. The number of nitriles is 1. The lowest BCUT2D eigenvalue weighted by molar-refractivity contribution is -0.144. The van der Waals surface area contributed by atoms with Gasteiger partial charge in [-0.15, -0.1) is 0 Å². The van der Waals surface area contributed by atoms with Crippen molar-refractivity contribution in [3.63, 3.8) is 0 Å². The predicted octanol–water partition coefficient (Wildman–Crippen LogP) is 3.99. The van der Waals surface area contributed by atoms with Gasteiger partial charge in [0.1, 0.15) is 0 Å². The number of hydrogen-bond acceptors (Lipinski definition) is 4. The maximum atomic E-state index is 12.1. The van der Waals surface area contributed by atoms with Crippen molar-refractivity contribution in [2.75, 3.05) is 6.61 Å². The van der Waals surface area contributed by atoms with Crippen molar-refractivity contribution in [3.8, 4) is 6.07 Å². The van der Waals surface area contributed by atoms with Crippen LogP contribution in [0.1, 0.15) is 30.5 Å². The first-order chi connectivity index (χ1) is 14.6. The summed E-state index contributed by atoms with van der Waals surface area (Å²) in [5, 5.41) is 12.6. The summed E-state index contributed by atoms with van der Waals surface area (Å²) in [6.45, 7) is 2.11. The molecule has 0 saturated carbocycles. The SMILES string of the molecule is C[C@H](NC(=O)COC(=O)/C=C/c1cn(CCC#N)c2ccccc12)c1ccccc1. The smallest absolute Gasteiger partial charge is 0.331 e. The molecule has 3 aromatic rings. The van der Waals surface area contributed by atoms with Gasteiger partial charge in [-0.05, 0) is 24.6 Å². The zero-order valence-electron chi connectivity index (χ0n) is 16.7. The Labute approximate surface area is 175 Å². The molecule has 0 aliphatic carbocycles. The van der Waals surface area contributed by atoms with Crippen LogP contribution in [0, 0.1) is 11.3 Å². The summed E-state index contributed by atoms with van der Waals surface area (Å²) in [6, 6.07) is 19.3. The Hall–Kier alpha value is -3.85. The van der Waals surface area contributed by atoms with Crippen LogP contribution in [-0.2, 0) is 20.9 Å². The second-order valence-electron chi connectivity index (χ2n) is 6.84. The van der Waals surface area contributed by atoms with Crippen LogP contribution in [0.25, 0.3) is 17.0 Å². The molecule has 6 nitrogen and oxygen atoms in total. The summed E-state index contributed by atoms with van der Waals surface area (Å²) in [5.74, 6) is -0.951. The van der Waals surface area contributed by atoms with E-state index in [9.17, 15) is 9.59 Å². The van der Waals surface area contributed by atoms with E-state index < -0.39 is 5.97 Å². The van der Waals surface area contributed by atoms with E-state index >= 15 is 0 Å². The minimum atomic E-state index is -0.591. The molecule has 2 aromatic carbocycles. The fourth-order valence-electron chi connectivity index (χ4n) is 3.21. The molecule has 0 spiro atoms. The molecule has 0 radical (unpaired) electrons. The minimum absolute atomic E-state index is 0.174. The van der Waals surface area contributed by atoms with Crippen molar-refractivity contribution in [1.29, 1.82) is 5.26 Å². The molecular formula is C24H23N3O3. The van der Waals surface area contributed by atoms with Crippen LogP contribution in [-0.4, -0.2) is 23.1 Å². The van der Waals surface area contributed by atoms with Crippen LogP contribution in [0.15, 0.2) is 66.9 Å². The molecule has 0 fully saturated rings. The molecule has 1 heterocycles. The molecule has 0 saturated heterocycles. The van der Waals surface area contributed by atoms with Gasteiger partial charge < -0.3 is 14.6 Å². The normalized spacial score (nSPS) is 11.9. The molecule has 0 aliphatic rings. The standard InChI is InChI=1S/C24H23N3O3/c1-18(19-8-3-2-4-9-19)26-23(28)17-30-24(29)13-12-20-16-27(15-7-14-25)22-11-6-5-10-21(20)22/h2-6,8-13,16,18H,7,15,17H2,1H3,(H,26,28)/b13-12+/t18-/m0/s1. The Kier molecular flexibility index (Phi) is 7.01. The molecule has 3 rings (SSSR count). The highest BCUT2D eigenvalue weighted by atomic mass is 16.5. The molecule has 1 atom stereocenters. The van der Waals surface area contributed by atoms with Crippen molar-refractivity contribution in [2.45, 2.75) is 25.9 Å². The van der Waals surface area contributed by atoms with E-state index in [0.717, 1.165) is 22.0 Å². The van der Waals surface area contributed by atoms with Gasteiger partial charge in [-0.2, -0.15) is 5.26 Å². The van der Waals surface area contributed by atoms with Crippen LogP contribution in [0.5, 0.6) is 0 Å². The lowest BCUT2D eigenvalue weighted by atomic mass is 10.1. The Morgan fingerprint density at radius 1 is 1.17 bits per heavy atom. The first kappa shape index (κ1) is 20.9. The van der Waals surface area contributed by atoms with Gasteiger partial charge in [-0.25, -0.2) is 4.79 Å². The number of esters is 1. The lowest BCUT2D eigenvalue weighted by Crippen LogP contribution is -2.30. The van der Waals surface area contributed by atoms with Gasteiger partial charge in [0.15, 0.2) is 6.61 Å². The van der Waals surface area contributed by atoms with Gasteiger partial charge in [0.05, 0.1) is 18.5 Å². The zero-order valence-corrected chi connectivity index (χ0v) is 16.7. The summed E-state index contributed by atoms with van der Waals surface area (Å²) in [4.78, 5) is 24.1. The number of carbonyl (C=O) groups is 2. The fraction of sp³-hybridized carbons (Fsp3) is 0.208. The summed E-state index contributed by atoms with van der Waals surface area (Å²) in [7, 11) is 0. The number of aromatic nitrogens is 1. The third-order valence-corrected chi connectivity index (χ3v) is 4.71. The summed E-state index contributed by atoms with van der Waals surface area (Å²) < 4.78 is 7.05. The molecule has 0 bridgehead atoms. The number of nitrogens with one attached hydrogen (secondary N) is 1. The first-order valence-corrected chi connectivity index (χ1v) is 9.72. The molecule has 0 aliphatic heterocycles. The molecule has 30 heavy (non-hydrogen) atoms. The van der Waals surface area contributed by atoms with E-state index in [0.29, 0.717) is 13.0 Å². The molecule has 1 N–H and O–H groups in total. The van der Waals surface area contributed by atoms with Crippen molar-refractivity contribution in [1.82, 2.24) is 9.88 Å². The summed E-state index contributed by atoms with van der Waals surface area (Å²) >= 11 is 0. The van der Waals surface area contributed by atoms with Gasteiger partial charge in [0.25, 0.3) is 5.91 Å². The second-order valence-corrected chi connectivity index (χ2v) is 6.84. The third-order valence-electron chi connectivity index (χ3n) is 4.71. The van der Waals surface area contributed by atoms with Crippen LogP contribution in [0.2, 0.25) is 0 Å².